The summed E-state index contributed by atoms with van der Waals surface area (Å²) in [6.07, 6.45) is 2.22. The maximum atomic E-state index is 14.1. The van der Waals surface area contributed by atoms with Gasteiger partial charge in [0.15, 0.2) is 0 Å². The summed E-state index contributed by atoms with van der Waals surface area (Å²) < 4.78 is 14.1. The van der Waals surface area contributed by atoms with E-state index < -0.39 is 11.8 Å². The lowest BCUT2D eigenvalue weighted by Gasteiger charge is -2.29. The average molecular weight is 291 g/mol. The number of carbonyl (C=O) groups is 2. The third-order valence-electron chi connectivity index (χ3n) is 4.13. The Morgan fingerprint density at radius 2 is 1.95 bits per heavy atom. The first kappa shape index (κ1) is 14.0. The van der Waals surface area contributed by atoms with Crippen LogP contribution in [0.5, 0.6) is 0 Å². The SMILES string of the molecule is O=C1CCN(c2cc(C3CCNCC3)ccc2F)C(=O)N1. The number of nitrogens with one attached hydrogen (secondary N) is 2. The molecule has 0 saturated carbocycles. The van der Waals surface area contributed by atoms with Crippen LogP contribution in [-0.2, 0) is 4.79 Å². The fourth-order valence-corrected chi connectivity index (χ4v) is 2.94. The molecule has 2 fully saturated rings. The molecule has 3 rings (SSSR count). The summed E-state index contributed by atoms with van der Waals surface area (Å²) in [6, 6.07) is 4.41. The van der Waals surface area contributed by atoms with Gasteiger partial charge >= 0.3 is 6.03 Å². The van der Waals surface area contributed by atoms with Gasteiger partial charge in [0.05, 0.1) is 5.69 Å². The molecule has 2 aliphatic heterocycles. The molecular weight excluding hydrogens is 273 g/mol. The number of imide groups is 1. The van der Waals surface area contributed by atoms with E-state index in [4.69, 9.17) is 0 Å². The molecule has 0 unspecified atom stereocenters. The van der Waals surface area contributed by atoms with Gasteiger partial charge in [-0.05, 0) is 49.5 Å². The summed E-state index contributed by atoms with van der Waals surface area (Å²) in [5.74, 6) is -0.358. The molecule has 2 saturated heterocycles. The number of piperidine rings is 1. The summed E-state index contributed by atoms with van der Waals surface area (Å²) in [6.45, 7) is 2.13. The fourth-order valence-electron chi connectivity index (χ4n) is 2.94. The monoisotopic (exact) mass is 291 g/mol. The van der Waals surface area contributed by atoms with Gasteiger partial charge in [-0.15, -0.1) is 0 Å². The molecule has 0 aliphatic carbocycles. The van der Waals surface area contributed by atoms with Crippen molar-refractivity contribution in [3.63, 3.8) is 0 Å². The first-order valence-electron chi connectivity index (χ1n) is 7.26. The number of halogens is 1. The zero-order chi connectivity index (χ0) is 14.8. The third-order valence-corrected chi connectivity index (χ3v) is 4.13. The number of carbonyl (C=O) groups excluding carboxylic acids is 2. The van der Waals surface area contributed by atoms with Crippen molar-refractivity contribution in [2.45, 2.75) is 25.2 Å². The maximum absolute atomic E-state index is 14.1. The van der Waals surface area contributed by atoms with E-state index in [1.807, 2.05) is 0 Å². The number of amides is 3. The predicted molar refractivity (Wildman–Crippen MR) is 76.7 cm³/mol. The first-order valence-corrected chi connectivity index (χ1v) is 7.26. The molecular formula is C15H18FN3O2. The quantitative estimate of drug-likeness (QED) is 0.872. The van der Waals surface area contributed by atoms with Crippen molar-refractivity contribution in [2.75, 3.05) is 24.5 Å². The Hall–Kier alpha value is -1.95. The number of urea groups is 1. The number of rotatable bonds is 2. The van der Waals surface area contributed by atoms with Gasteiger partial charge in [-0.25, -0.2) is 9.18 Å². The second-order valence-electron chi connectivity index (χ2n) is 5.49. The lowest BCUT2D eigenvalue weighted by molar-refractivity contribution is -0.120. The van der Waals surface area contributed by atoms with Gasteiger partial charge in [0.1, 0.15) is 5.82 Å². The lowest BCUT2D eigenvalue weighted by Crippen LogP contribution is -2.49. The van der Waals surface area contributed by atoms with Crippen molar-refractivity contribution >= 4 is 17.6 Å². The number of hydrogen-bond acceptors (Lipinski definition) is 3. The highest BCUT2D eigenvalue weighted by atomic mass is 19.1. The molecule has 2 aliphatic rings. The van der Waals surface area contributed by atoms with Crippen molar-refractivity contribution in [3.05, 3.63) is 29.6 Å². The van der Waals surface area contributed by atoms with Crippen molar-refractivity contribution < 1.29 is 14.0 Å². The van der Waals surface area contributed by atoms with Gasteiger partial charge in [-0.3, -0.25) is 15.0 Å². The molecule has 112 valence electrons. The second-order valence-corrected chi connectivity index (χ2v) is 5.49. The van der Waals surface area contributed by atoms with E-state index in [1.54, 1.807) is 12.1 Å². The van der Waals surface area contributed by atoms with Crippen molar-refractivity contribution in [1.29, 1.82) is 0 Å². The second kappa shape index (κ2) is 5.81. The zero-order valence-electron chi connectivity index (χ0n) is 11.7. The Kier molecular flexibility index (Phi) is 3.88. The largest absolute Gasteiger partial charge is 0.328 e. The number of anilines is 1. The van der Waals surface area contributed by atoms with E-state index in [9.17, 15) is 14.0 Å². The molecule has 3 amide bonds. The summed E-state index contributed by atoms with van der Waals surface area (Å²) in [4.78, 5) is 24.4. The van der Waals surface area contributed by atoms with Crippen LogP contribution in [0.4, 0.5) is 14.9 Å². The van der Waals surface area contributed by atoms with Gasteiger partial charge in [-0.1, -0.05) is 6.07 Å². The smallest absolute Gasteiger partial charge is 0.317 e. The van der Waals surface area contributed by atoms with Crippen molar-refractivity contribution in [3.8, 4) is 0 Å². The molecule has 0 spiro atoms. The number of benzene rings is 1. The van der Waals surface area contributed by atoms with E-state index >= 15 is 0 Å². The van der Waals surface area contributed by atoms with Gasteiger partial charge in [0.2, 0.25) is 5.91 Å². The Bertz CT molecular complexity index is 570. The standard InChI is InChI=1S/C15H18FN3O2/c16-12-2-1-11(10-3-6-17-7-4-10)9-13(12)19-8-5-14(20)18-15(19)21/h1-2,9-10,17H,3-8H2,(H,18,20,21). The summed E-state index contributed by atoms with van der Waals surface area (Å²) in [7, 11) is 0. The lowest BCUT2D eigenvalue weighted by atomic mass is 9.90. The van der Waals surface area contributed by atoms with Crippen LogP contribution in [0.15, 0.2) is 18.2 Å². The highest BCUT2D eigenvalue weighted by molar-refractivity contribution is 6.05. The van der Waals surface area contributed by atoms with Gasteiger partial charge in [-0.2, -0.15) is 0 Å². The van der Waals surface area contributed by atoms with Crippen LogP contribution < -0.4 is 15.5 Å². The number of nitrogens with zero attached hydrogens (tertiary/aromatic N) is 1. The van der Waals surface area contributed by atoms with Crippen LogP contribution in [0, 0.1) is 5.82 Å². The van der Waals surface area contributed by atoms with Crippen molar-refractivity contribution in [1.82, 2.24) is 10.6 Å². The molecule has 1 aromatic rings. The number of hydrogen-bond donors (Lipinski definition) is 2. The first-order chi connectivity index (χ1) is 10.1. The third kappa shape index (κ3) is 2.90. The molecule has 2 N–H and O–H groups in total. The molecule has 21 heavy (non-hydrogen) atoms. The topological polar surface area (TPSA) is 61.4 Å². The average Bonchev–Trinajstić information content (AvgIpc) is 2.49. The predicted octanol–water partition coefficient (Wildman–Crippen LogP) is 1.74. The summed E-state index contributed by atoms with van der Waals surface area (Å²) in [5, 5.41) is 5.53. The summed E-state index contributed by atoms with van der Waals surface area (Å²) in [5.41, 5.74) is 1.31. The molecule has 2 heterocycles. The molecule has 1 aromatic carbocycles. The van der Waals surface area contributed by atoms with Crippen LogP contribution in [0.3, 0.4) is 0 Å². The molecule has 0 bridgehead atoms. The van der Waals surface area contributed by atoms with Crippen LogP contribution in [0.25, 0.3) is 0 Å². The summed E-state index contributed by atoms with van der Waals surface area (Å²) >= 11 is 0. The molecule has 6 heteroatoms. The molecule has 5 nitrogen and oxygen atoms in total. The molecule has 0 aromatic heterocycles. The highest BCUT2D eigenvalue weighted by Crippen LogP contribution is 2.30. The Labute approximate surface area is 122 Å². The zero-order valence-corrected chi connectivity index (χ0v) is 11.7. The Morgan fingerprint density at radius 1 is 1.19 bits per heavy atom. The van der Waals surface area contributed by atoms with Gasteiger partial charge in [0, 0.05) is 13.0 Å². The van der Waals surface area contributed by atoms with Crippen LogP contribution in [0.1, 0.15) is 30.7 Å². The van der Waals surface area contributed by atoms with Crippen LogP contribution >= 0.6 is 0 Å². The molecule has 0 atom stereocenters. The normalized spacial score (nSPS) is 20.5. The van der Waals surface area contributed by atoms with Crippen molar-refractivity contribution in [2.24, 2.45) is 0 Å². The fraction of sp³-hybridized carbons (Fsp3) is 0.467. The minimum absolute atomic E-state index is 0.197. The Morgan fingerprint density at radius 3 is 2.67 bits per heavy atom. The van der Waals surface area contributed by atoms with Crippen LogP contribution in [-0.4, -0.2) is 31.6 Å². The minimum Gasteiger partial charge on any atom is -0.317 e. The van der Waals surface area contributed by atoms with E-state index in [0.717, 1.165) is 31.5 Å². The highest BCUT2D eigenvalue weighted by Gasteiger charge is 2.27. The van der Waals surface area contributed by atoms with E-state index in [1.165, 1.54) is 11.0 Å². The van der Waals surface area contributed by atoms with Crippen LogP contribution in [0.2, 0.25) is 0 Å². The Balaban J connectivity index is 1.87. The van der Waals surface area contributed by atoms with Gasteiger partial charge in [0.25, 0.3) is 0 Å². The van der Waals surface area contributed by atoms with Gasteiger partial charge < -0.3 is 5.32 Å². The molecule has 0 radical (unpaired) electrons. The van der Waals surface area contributed by atoms with E-state index in [0.29, 0.717) is 5.92 Å². The maximum Gasteiger partial charge on any atom is 0.328 e. The van der Waals surface area contributed by atoms with E-state index in [-0.39, 0.29) is 24.6 Å². The minimum atomic E-state index is -0.549. The van der Waals surface area contributed by atoms with E-state index in [2.05, 4.69) is 10.6 Å².